The van der Waals surface area contributed by atoms with Crippen LogP contribution in [0.3, 0.4) is 0 Å². The third-order valence-electron chi connectivity index (χ3n) is 4.52. The number of halogens is 1. The van der Waals surface area contributed by atoms with Gasteiger partial charge in [-0.05, 0) is 55.0 Å². The monoisotopic (exact) mass is 458 g/mol. The molecule has 148 valence electrons. The number of nitrogens with one attached hydrogen (secondary N) is 2. The summed E-state index contributed by atoms with van der Waals surface area (Å²) in [6.45, 7) is 2.06. The summed E-state index contributed by atoms with van der Waals surface area (Å²) in [6.07, 6.45) is 3.56. The average molecular weight is 459 g/mol. The average Bonchev–Trinajstić information content (AvgIpc) is 2.77. The van der Waals surface area contributed by atoms with E-state index < -0.39 is 0 Å². The van der Waals surface area contributed by atoms with E-state index in [0.29, 0.717) is 11.5 Å². The van der Waals surface area contributed by atoms with Crippen molar-refractivity contribution in [3.05, 3.63) is 101 Å². The number of anilines is 3. The van der Waals surface area contributed by atoms with Gasteiger partial charge in [0, 0.05) is 39.4 Å². The van der Waals surface area contributed by atoms with Crippen molar-refractivity contribution in [2.45, 2.75) is 6.92 Å². The number of nitrogens with zero attached hydrogens (tertiary/aromatic N) is 2. The molecule has 0 bridgehead atoms. The van der Waals surface area contributed by atoms with Crippen LogP contribution >= 0.6 is 15.9 Å². The minimum atomic E-state index is -0.184. The molecule has 5 nitrogen and oxygen atoms in total. The zero-order valence-corrected chi connectivity index (χ0v) is 17.8. The number of benzene rings is 3. The molecular formula is C24H19BrN4O. The molecule has 1 amide bonds. The smallest absolute Gasteiger partial charge is 0.255 e. The molecule has 0 saturated carbocycles. The van der Waals surface area contributed by atoms with Crippen molar-refractivity contribution in [3.63, 3.8) is 0 Å². The van der Waals surface area contributed by atoms with E-state index in [-0.39, 0.29) is 5.91 Å². The van der Waals surface area contributed by atoms with E-state index in [9.17, 15) is 4.79 Å². The Morgan fingerprint density at radius 2 is 1.53 bits per heavy atom. The van der Waals surface area contributed by atoms with Gasteiger partial charge in [0.1, 0.15) is 0 Å². The lowest BCUT2D eigenvalue weighted by molar-refractivity contribution is 0.102. The van der Waals surface area contributed by atoms with Gasteiger partial charge in [0.05, 0.1) is 0 Å². The zero-order valence-electron chi connectivity index (χ0n) is 16.3. The number of aromatic nitrogens is 2. The van der Waals surface area contributed by atoms with Gasteiger partial charge in [-0.25, -0.2) is 9.97 Å². The fourth-order valence-corrected chi connectivity index (χ4v) is 3.16. The molecule has 30 heavy (non-hydrogen) atoms. The Morgan fingerprint density at radius 3 is 2.23 bits per heavy atom. The van der Waals surface area contributed by atoms with Crippen molar-refractivity contribution in [2.75, 3.05) is 10.6 Å². The summed E-state index contributed by atoms with van der Waals surface area (Å²) < 4.78 is 0.958. The Bertz CT molecular complexity index is 1160. The first-order chi connectivity index (χ1) is 14.6. The predicted octanol–water partition coefficient (Wildman–Crippen LogP) is 6.21. The topological polar surface area (TPSA) is 66.9 Å². The molecule has 1 aromatic heterocycles. The van der Waals surface area contributed by atoms with Crippen LogP contribution in [0.4, 0.5) is 17.3 Å². The van der Waals surface area contributed by atoms with Gasteiger partial charge in [0.25, 0.3) is 5.91 Å². The zero-order chi connectivity index (χ0) is 20.9. The van der Waals surface area contributed by atoms with Crippen LogP contribution in [0.25, 0.3) is 11.1 Å². The van der Waals surface area contributed by atoms with Crippen LogP contribution in [0.15, 0.2) is 89.7 Å². The van der Waals surface area contributed by atoms with Gasteiger partial charge in [-0.3, -0.25) is 4.79 Å². The van der Waals surface area contributed by atoms with E-state index in [0.717, 1.165) is 27.0 Å². The molecule has 0 atom stereocenters. The summed E-state index contributed by atoms with van der Waals surface area (Å²) in [4.78, 5) is 21.3. The van der Waals surface area contributed by atoms with E-state index >= 15 is 0 Å². The third-order valence-corrected chi connectivity index (χ3v) is 5.05. The van der Waals surface area contributed by atoms with Gasteiger partial charge in [-0.1, -0.05) is 51.8 Å². The summed E-state index contributed by atoms with van der Waals surface area (Å²) in [5.41, 5.74) is 5.24. The number of hydrogen-bond donors (Lipinski definition) is 2. The third kappa shape index (κ3) is 4.90. The Morgan fingerprint density at radius 1 is 0.833 bits per heavy atom. The second-order valence-corrected chi connectivity index (χ2v) is 7.74. The molecule has 0 unspecified atom stereocenters. The second kappa shape index (κ2) is 8.88. The van der Waals surface area contributed by atoms with Crippen LogP contribution in [0.5, 0.6) is 0 Å². The molecule has 0 fully saturated rings. The van der Waals surface area contributed by atoms with E-state index in [1.54, 1.807) is 24.5 Å². The number of amides is 1. The highest BCUT2D eigenvalue weighted by atomic mass is 79.9. The first-order valence-electron chi connectivity index (χ1n) is 9.40. The SMILES string of the molecule is Cc1ccc(-c2cnc(Nc3cccc(C(=O)Nc4ccc(Br)cc4)c3)nc2)cc1. The molecule has 6 heteroatoms. The maximum absolute atomic E-state index is 12.5. The van der Waals surface area contributed by atoms with Crippen LogP contribution in [-0.4, -0.2) is 15.9 Å². The number of carbonyl (C=O) groups is 1. The molecule has 3 aromatic carbocycles. The van der Waals surface area contributed by atoms with Gasteiger partial charge in [0.15, 0.2) is 0 Å². The van der Waals surface area contributed by atoms with Crippen molar-refractivity contribution in [1.82, 2.24) is 9.97 Å². The lowest BCUT2D eigenvalue weighted by Gasteiger charge is -2.09. The highest BCUT2D eigenvalue weighted by Crippen LogP contribution is 2.21. The van der Waals surface area contributed by atoms with Crippen LogP contribution in [0, 0.1) is 6.92 Å². The fourth-order valence-electron chi connectivity index (χ4n) is 2.89. The van der Waals surface area contributed by atoms with Gasteiger partial charge in [-0.2, -0.15) is 0 Å². The van der Waals surface area contributed by atoms with Crippen LogP contribution < -0.4 is 10.6 Å². The van der Waals surface area contributed by atoms with E-state index in [1.165, 1.54) is 5.56 Å². The van der Waals surface area contributed by atoms with Crippen molar-refractivity contribution >= 4 is 39.2 Å². The lowest BCUT2D eigenvalue weighted by atomic mass is 10.1. The van der Waals surface area contributed by atoms with Crippen LogP contribution in [-0.2, 0) is 0 Å². The number of aryl methyl sites for hydroxylation is 1. The molecule has 4 aromatic rings. The van der Waals surface area contributed by atoms with E-state index in [4.69, 9.17) is 0 Å². The Balaban J connectivity index is 1.45. The number of rotatable bonds is 5. The quantitative estimate of drug-likeness (QED) is 0.372. The maximum atomic E-state index is 12.5. The van der Waals surface area contributed by atoms with Gasteiger partial charge < -0.3 is 10.6 Å². The first-order valence-corrected chi connectivity index (χ1v) is 10.2. The normalized spacial score (nSPS) is 10.5. The van der Waals surface area contributed by atoms with E-state index in [1.807, 2.05) is 36.4 Å². The number of carbonyl (C=O) groups excluding carboxylic acids is 1. The van der Waals surface area contributed by atoms with Crippen LogP contribution in [0.1, 0.15) is 15.9 Å². The minimum Gasteiger partial charge on any atom is -0.324 e. The second-order valence-electron chi connectivity index (χ2n) is 6.83. The standard InChI is InChI=1S/C24H19BrN4O/c1-16-5-7-17(8-6-16)19-14-26-24(27-15-19)29-22-4-2-3-18(13-22)23(30)28-21-11-9-20(25)10-12-21/h2-15H,1H3,(H,28,30)(H,26,27,29). The van der Waals surface area contributed by atoms with E-state index in [2.05, 4.69) is 67.7 Å². The van der Waals surface area contributed by atoms with Crippen molar-refractivity contribution < 1.29 is 4.79 Å². The molecule has 1 heterocycles. The first kappa shape index (κ1) is 19.8. The van der Waals surface area contributed by atoms with Gasteiger partial charge in [-0.15, -0.1) is 0 Å². The largest absolute Gasteiger partial charge is 0.324 e. The molecule has 0 radical (unpaired) electrons. The highest BCUT2D eigenvalue weighted by Gasteiger charge is 2.08. The Hall–Kier alpha value is -3.51. The molecule has 0 aliphatic carbocycles. The summed E-state index contributed by atoms with van der Waals surface area (Å²) in [6, 6.07) is 22.9. The van der Waals surface area contributed by atoms with Crippen LogP contribution in [0.2, 0.25) is 0 Å². The molecule has 4 rings (SSSR count). The molecule has 2 N–H and O–H groups in total. The Kier molecular flexibility index (Phi) is 5.86. The number of hydrogen-bond acceptors (Lipinski definition) is 4. The fraction of sp³-hybridized carbons (Fsp3) is 0.0417. The minimum absolute atomic E-state index is 0.184. The van der Waals surface area contributed by atoms with Gasteiger partial charge in [0.2, 0.25) is 5.95 Å². The highest BCUT2D eigenvalue weighted by molar-refractivity contribution is 9.10. The van der Waals surface area contributed by atoms with Crippen molar-refractivity contribution in [3.8, 4) is 11.1 Å². The Labute approximate surface area is 183 Å². The molecular weight excluding hydrogens is 440 g/mol. The van der Waals surface area contributed by atoms with Crippen molar-refractivity contribution in [2.24, 2.45) is 0 Å². The van der Waals surface area contributed by atoms with Crippen molar-refractivity contribution in [1.29, 1.82) is 0 Å². The predicted molar refractivity (Wildman–Crippen MR) is 124 cm³/mol. The summed E-state index contributed by atoms with van der Waals surface area (Å²) >= 11 is 3.39. The van der Waals surface area contributed by atoms with Gasteiger partial charge >= 0.3 is 0 Å². The summed E-state index contributed by atoms with van der Waals surface area (Å²) in [5.74, 6) is 0.285. The summed E-state index contributed by atoms with van der Waals surface area (Å²) in [7, 11) is 0. The molecule has 0 saturated heterocycles. The summed E-state index contributed by atoms with van der Waals surface area (Å²) in [5, 5.41) is 6.04. The molecule has 0 spiro atoms. The maximum Gasteiger partial charge on any atom is 0.255 e. The molecule has 0 aliphatic rings. The lowest BCUT2D eigenvalue weighted by Crippen LogP contribution is -2.12. The molecule has 0 aliphatic heterocycles.